The SMILES string of the molecule is OCC=C=C/C=C/c1ccccc1. The Bertz CT molecular complexity index is 316. The van der Waals surface area contributed by atoms with Gasteiger partial charge < -0.3 is 5.11 Å². The number of aliphatic hydroxyl groups excluding tert-OH is 1. The first-order valence-corrected chi connectivity index (χ1v) is 4.17. The van der Waals surface area contributed by atoms with Crippen LogP contribution in [0.5, 0.6) is 0 Å². The Morgan fingerprint density at radius 3 is 2.69 bits per heavy atom. The van der Waals surface area contributed by atoms with Crippen molar-refractivity contribution < 1.29 is 5.11 Å². The van der Waals surface area contributed by atoms with Gasteiger partial charge in [-0.1, -0.05) is 42.5 Å². The summed E-state index contributed by atoms with van der Waals surface area (Å²) in [6.45, 7) is 0.0374. The molecule has 0 spiro atoms. The molecule has 1 N–H and O–H groups in total. The van der Waals surface area contributed by atoms with Gasteiger partial charge in [-0.05, 0) is 17.7 Å². The molecule has 0 heterocycles. The fourth-order valence-corrected chi connectivity index (χ4v) is 0.900. The van der Waals surface area contributed by atoms with Crippen molar-refractivity contribution in [2.75, 3.05) is 6.61 Å². The first kappa shape index (κ1) is 9.53. The van der Waals surface area contributed by atoms with E-state index in [2.05, 4.69) is 5.73 Å². The van der Waals surface area contributed by atoms with E-state index in [1.54, 1.807) is 12.2 Å². The molecule has 1 heteroatoms. The van der Waals surface area contributed by atoms with Crippen LogP contribution < -0.4 is 0 Å². The van der Waals surface area contributed by atoms with E-state index in [1.165, 1.54) is 0 Å². The first-order valence-electron chi connectivity index (χ1n) is 4.17. The van der Waals surface area contributed by atoms with Gasteiger partial charge in [0.05, 0.1) is 6.61 Å². The van der Waals surface area contributed by atoms with Crippen LogP contribution in [-0.2, 0) is 0 Å². The van der Waals surface area contributed by atoms with Crippen LogP contribution in [0.3, 0.4) is 0 Å². The van der Waals surface area contributed by atoms with Gasteiger partial charge >= 0.3 is 0 Å². The molecule has 0 unspecified atom stereocenters. The van der Waals surface area contributed by atoms with Gasteiger partial charge in [0.15, 0.2) is 0 Å². The summed E-state index contributed by atoms with van der Waals surface area (Å²) in [5, 5.41) is 8.42. The van der Waals surface area contributed by atoms with Gasteiger partial charge in [-0.25, -0.2) is 0 Å². The topological polar surface area (TPSA) is 20.2 Å². The zero-order valence-corrected chi connectivity index (χ0v) is 7.35. The lowest BCUT2D eigenvalue weighted by Gasteiger charge is -1.87. The molecule has 0 aliphatic carbocycles. The Labute approximate surface area is 78.3 Å². The Morgan fingerprint density at radius 2 is 2.00 bits per heavy atom. The summed E-state index contributed by atoms with van der Waals surface area (Å²) in [7, 11) is 0. The van der Waals surface area contributed by atoms with Gasteiger partial charge in [0, 0.05) is 0 Å². The molecule has 13 heavy (non-hydrogen) atoms. The Balaban J connectivity index is 2.55. The van der Waals surface area contributed by atoms with Crippen LogP contribution in [0.4, 0.5) is 0 Å². The normalized spacial score (nSPS) is 9.62. The van der Waals surface area contributed by atoms with Crippen molar-refractivity contribution in [1.82, 2.24) is 0 Å². The minimum absolute atomic E-state index is 0.0374. The monoisotopic (exact) mass is 172 g/mol. The number of benzene rings is 1. The van der Waals surface area contributed by atoms with Gasteiger partial charge in [0.1, 0.15) is 0 Å². The fraction of sp³-hybridized carbons (Fsp3) is 0.0833. The lowest BCUT2D eigenvalue weighted by Crippen LogP contribution is -1.67. The molecule has 0 radical (unpaired) electrons. The van der Waals surface area contributed by atoms with Crippen LogP contribution in [0.2, 0.25) is 0 Å². The Kier molecular flexibility index (Phi) is 4.41. The van der Waals surface area contributed by atoms with Crippen LogP contribution in [0.15, 0.2) is 54.3 Å². The minimum atomic E-state index is 0.0374. The van der Waals surface area contributed by atoms with Crippen molar-refractivity contribution in [2.24, 2.45) is 0 Å². The third-order valence-corrected chi connectivity index (χ3v) is 1.49. The van der Waals surface area contributed by atoms with E-state index >= 15 is 0 Å². The average Bonchev–Trinajstić information content (AvgIpc) is 2.19. The second-order valence-corrected chi connectivity index (χ2v) is 2.49. The average molecular weight is 172 g/mol. The van der Waals surface area contributed by atoms with Crippen molar-refractivity contribution in [3.8, 4) is 0 Å². The molecule has 1 nitrogen and oxygen atoms in total. The molecule has 0 aliphatic heterocycles. The summed E-state index contributed by atoms with van der Waals surface area (Å²) in [6, 6.07) is 10.0. The molecule has 1 rings (SSSR count). The van der Waals surface area contributed by atoms with E-state index in [1.807, 2.05) is 42.5 Å². The summed E-state index contributed by atoms with van der Waals surface area (Å²) < 4.78 is 0. The zero-order valence-electron chi connectivity index (χ0n) is 7.35. The predicted molar refractivity (Wildman–Crippen MR) is 55.2 cm³/mol. The summed E-state index contributed by atoms with van der Waals surface area (Å²) in [4.78, 5) is 0. The molecule has 0 amide bonds. The molecular formula is C12H12O. The molecule has 1 aromatic rings. The second-order valence-electron chi connectivity index (χ2n) is 2.49. The first-order chi connectivity index (χ1) is 6.43. The molecule has 0 atom stereocenters. The third-order valence-electron chi connectivity index (χ3n) is 1.49. The largest absolute Gasteiger partial charge is 0.392 e. The smallest absolute Gasteiger partial charge is 0.0686 e. The molecule has 0 saturated carbocycles. The van der Waals surface area contributed by atoms with Gasteiger partial charge in [0.25, 0.3) is 0 Å². The fourth-order valence-electron chi connectivity index (χ4n) is 0.900. The molecule has 0 fully saturated rings. The number of hydrogen-bond acceptors (Lipinski definition) is 1. The molecular weight excluding hydrogens is 160 g/mol. The quantitative estimate of drug-likeness (QED) is 0.548. The molecule has 0 bridgehead atoms. The predicted octanol–water partition coefficient (Wildman–Crippen LogP) is 2.40. The summed E-state index contributed by atoms with van der Waals surface area (Å²) in [5.74, 6) is 0. The number of rotatable bonds is 3. The van der Waals surface area contributed by atoms with Crippen molar-refractivity contribution in [3.63, 3.8) is 0 Å². The molecule has 0 aromatic heterocycles. The van der Waals surface area contributed by atoms with E-state index < -0.39 is 0 Å². The van der Waals surface area contributed by atoms with Crippen LogP contribution in [0, 0.1) is 0 Å². The van der Waals surface area contributed by atoms with E-state index in [-0.39, 0.29) is 6.61 Å². The van der Waals surface area contributed by atoms with E-state index in [4.69, 9.17) is 5.11 Å². The number of hydrogen-bond donors (Lipinski definition) is 1. The maximum absolute atomic E-state index is 8.42. The zero-order chi connectivity index (χ0) is 9.36. The van der Waals surface area contributed by atoms with Gasteiger partial charge in [0.2, 0.25) is 0 Å². The van der Waals surface area contributed by atoms with E-state index in [9.17, 15) is 0 Å². The van der Waals surface area contributed by atoms with Gasteiger partial charge in [-0.2, -0.15) is 0 Å². The highest BCUT2D eigenvalue weighted by molar-refractivity contribution is 5.50. The summed E-state index contributed by atoms with van der Waals surface area (Å²) >= 11 is 0. The van der Waals surface area contributed by atoms with Crippen molar-refractivity contribution >= 4 is 6.08 Å². The second kappa shape index (κ2) is 6.01. The Morgan fingerprint density at radius 1 is 1.23 bits per heavy atom. The molecule has 66 valence electrons. The van der Waals surface area contributed by atoms with Gasteiger partial charge in [-0.3, -0.25) is 0 Å². The van der Waals surface area contributed by atoms with Gasteiger partial charge in [-0.15, -0.1) is 5.73 Å². The van der Waals surface area contributed by atoms with Crippen molar-refractivity contribution in [3.05, 3.63) is 59.9 Å². The van der Waals surface area contributed by atoms with E-state index in [0.29, 0.717) is 0 Å². The Hall–Kier alpha value is -1.56. The summed E-state index contributed by atoms with van der Waals surface area (Å²) in [5.41, 5.74) is 3.98. The van der Waals surface area contributed by atoms with Crippen LogP contribution in [0.1, 0.15) is 5.56 Å². The highest BCUT2D eigenvalue weighted by atomic mass is 16.2. The minimum Gasteiger partial charge on any atom is -0.392 e. The lowest BCUT2D eigenvalue weighted by atomic mass is 10.2. The highest BCUT2D eigenvalue weighted by Gasteiger charge is 1.78. The maximum atomic E-state index is 8.42. The number of allylic oxidation sites excluding steroid dienone is 1. The molecule has 0 saturated heterocycles. The number of aliphatic hydroxyl groups is 1. The highest BCUT2D eigenvalue weighted by Crippen LogP contribution is 2.00. The third kappa shape index (κ3) is 4.12. The standard InChI is InChI=1S/C12H12O/c13-11-7-2-1-4-8-12-9-5-3-6-10-12/h1,3-10,13H,11H2/b8-4+. The van der Waals surface area contributed by atoms with Crippen LogP contribution in [-0.4, -0.2) is 11.7 Å². The van der Waals surface area contributed by atoms with E-state index in [0.717, 1.165) is 5.56 Å². The van der Waals surface area contributed by atoms with Crippen LogP contribution >= 0.6 is 0 Å². The maximum Gasteiger partial charge on any atom is 0.0686 e. The van der Waals surface area contributed by atoms with Crippen molar-refractivity contribution in [1.29, 1.82) is 0 Å². The lowest BCUT2D eigenvalue weighted by molar-refractivity contribution is 0.343. The molecule has 1 aromatic carbocycles. The summed E-state index contributed by atoms with van der Waals surface area (Å²) in [6.07, 6.45) is 7.21. The molecule has 0 aliphatic rings. The van der Waals surface area contributed by atoms with Crippen LogP contribution in [0.25, 0.3) is 6.08 Å². The van der Waals surface area contributed by atoms with Crippen molar-refractivity contribution in [2.45, 2.75) is 0 Å².